The molecule has 142 valence electrons. The molecule has 0 saturated heterocycles. The van der Waals surface area contributed by atoms with Crippen LogP contribution in [0.3, 0.4) is 0 Å². The van der Waals surface area contributed by atoms with Crippen LogP contribution < -0.4 is 5.32 Å². The summed E-state index contributed by atoms with van der Waals surface area (Å²) < 4.78 is 7.37. The van der Waals surface area contributed by atoms with Crippen LogP contribution in [0.1, 0.15) is 32.4 Å². The molecule has 0 aliphatic rings. The van der Waals surface area contributed by atoms with Crippen molar-refractivity contribution in [1.29, 1.82) is 0 Å². The van der Waals surface area contributed by atoms with Gasteiger partial charge in [0.2, 0.25) is 5.91 Å². The quantitative estimate of drug-likeness (QED) is 0.590. The third-order valence-electron chi connectivity index (χ3n) is 4.25. The third-order valence-corrected chi connectivity index (χ3v) is 5.22. The highest BCUT2D eigenvalue weighted by molar-refractivity contribution is 7.99. The topological polar surface area (TPSA) is 73.0 Å². The van der Waals surface area contributed by atoms with Gasteiger partial charge in [0.1, 0.15) is 0 Å². The van der Waals surface area contributed by atoms with Crippen LogP contribution in [0.4, 0.5) is 0 Å². The second kappa shape index (κ2) is 8.90. The molecule has 0 saturated carbocycles. The summed E-state index contributed by atoms with van der Waals surface area (Å²) in [5.74, 6) is 1.91. The number of hydrogen-bond donors (Lipinski definition) is 1. The largest absolute Gasteiger partial charge is 0.461 e. The first-order chi connectivity index (χ1) is 13.1. The summed E-state index contributed by atoms with van der Waals surface area (Å²) in [6, 6.07) is 13.7. The molecule has 0 aliphatic heterocycles. The minimum Gasteiger partial charge on any atom is -0.461 e. The molecule has 27 heavy (non-hydrogen) atoms. The predicted octanol–water partition coefficient (Wildman–Crippen LogP) is 4.16. The molecule has 1 amide bonds. The van der Waals surface area contributed by atoms with Crippen LogP contribution in [-0.4, -0.2) is 26.4 Å². The number of thioether (sulfide) groups is 1. The van der Waals surface area contributed by atoms with Crippen molar-refractivity contribution in [2.45, 2.75) is 38.5 Å². The lowest BCUT2D eigenvalue weighted by Gasteiger charge is -2.22. The molecule has 7 heteroatoms. The number of aromatic nitrogens is 3. The van der Waals surface area contributed by atoms with Crippen molar-refractivity contribution in [3.05, 3.63) is 54.3 Å². The van der Waals surface area contributed by atoms with Crippen molar-refractivity contribution in [2.75, 3.05) is 5.75 Å². The zero-order chi connectivity index (χ0) is 19.2. The number of carbonyl (C=O) groups is 1. The number of carbonyl (C=O) groups excluding carboxylic acids is 1. The first-order valence-electron chi connectivity index (χ1n) is 9.04. The third kappa shape index (κ3) is 4.60. The van der Waals surface area contributed by atoms with Gasteiger partial charge in [-0.25, -0.2) is 0 Å². The molecule has 0 bridgehead atoms. The van der Waals surface area contributed by atoms with E-state index in [1.54, 1.807) is 6.26 Å². The Morgan fingerprint density at radius 2 is 1.96 bits per heavy atom. The van der Waals surface area contributed by atoms with E-state index in [-0.39, 0.29) is 17.7 Å². The van der Waals surface area contributed by atoms with Gasteiger partial charge in [0.05, 0.1) is 18.1 Å². The molecule has 1 atom stereocenters. The molecule has 1 aromatic carbocycles. The summed E-state index contributed by atoms with van der Waals surface area (Å²) in [6.45, 7) is 6.93. The van der Waals surface area contributed by atoms with Gasteiger partial charge in [-0.05, 0) is 30.5 Å². The molecule has 0 aliphatic carbocycles. The summed E-state index contributed by atoms with van der Waals surface area (Å²) in [7, 11) is 0. The maximum atomic E-state index is 12.5. The van der Waals surface area contributed by atoms with E-state index >= 15 is 0 Å². The van der Waals surface area contributed by atoms with Gasteiger partial charge in [0, 0.05) is 6.54 Å². The van der Waals surface area contributed by atoms with Crippen LogP contribution >= 0.6 is 11.8 Å². The standard InChI is InChI=1S/C20H24N4O2S/c1-4-24-19(16-11-8-12-26-16)22-23-20(24)27-13-17(25)21-18(14(2)3)15-9-6-5-7-10-15/h5-12,14,18H,4,13H2,1-3H3,(H,21,25). The van der Waals surface area contributed by atoms with Gasteiger partial charge in [0.25, 0.3) is 0 Å². The van der Waals surface area contributed by atoms with Gasteiger partial charge < -0.3 is 9.73 Å². The fraction of sp³-hybridized carbons (Fsp3) is 0.350. The van der Waals surface area contributed by atoms with Crippen LogP contribution in [0.2, 0.25) is 0 Å². The number of hydrogen-bond acceptors (Lipinski definition) is 5. The number of furan rings is 1. The molecule has 0 radical (unpaired) electrons. The Morgan fingerprint density at radius 3 is 2.59 bits per heavy atom. The van der Waals surface area contributed by atoms with Crippen LogP contribution in [-0.2, 0) is 11.3 Å². The van der Waals surface area contributed by atoms with Crippen molar-refractivity contribution in [1.82, 2.24) is 20.1 Å². The minimum absolute atomic E-state index is 0.0120. The molecular weight excluding hydrogens is 360 g/mol. The first-order valence-corrected chi connectivity index (χ1v) is 10.0. The smallest absolute Gasteiger partial charge is 0.230 e. The van der Waals surface area contributed by atoms with Crippen molar-refractivity contribution >= 4 is 17.7 Å². The molecule has 1 unspecified atom stereocenters. The van der Waals surface area contributed by atoms with E-state index in [1.807, 2.05) is 54.0 Å². The second-order valence-corrected chi connectivity index (χ2v) is 7.46. The highest BCUT2D eigenvalue weighted by Crippen LogP contribution is 2.25. The van der Waals surface area contributed by atoms with Gasteiger partial charge in [-0.2, -0.15) is 0 Å². The monoisotopic (exact) mass is 384 g/mol. The Bertz CT molecular complexity index is 860. The maximum Gasteiger partial charge on any atom is 0.230 e. The lowest BCUT2D eigenvalue weighted by atomic mass is 9.96. The highest BCUT2D eigenvalue weighted by atomic mass is 32.2. The summed E-state index contributed by atoms with van der Waals surface area (Å²) in [6.07, 6.45) is 1.61. The van der Waals surface area contributed by atoms with Gasteiger partial charge in [-0.3, -0.25) is 9.36 Å². The zero-order valence-corrected chi connectivity index (χ0v) is 16.6. The first kappa shape index (κ1) is 19.2. The maximum absolute atomic E-state index is 12.5. The number of benzene rings is 1. The predicted molar refractivity (Wildman–Crippen MR) is 106 cm³/mol. The fourth-order valence-electron chi connectivity index (χ4n) is 2.91. The van der Waals surface area contributed by atoms with Crippen LogP contribution in [0.25, 0.3) is 11.6 Å². The van der Waals surface area contributed by atoms with Crippen molar-refractivity contribution in [3.8, 4) is 11.6 Å². The van der Waals surface area contributed by atoms with Crippen molar-refractivity contribution < 1.29 is 9.21 Å². The Kier molecular flexibility index (Phi) is 6.34. The zero-order valence-electron chi connectivity index (χ0n) is 15.8. The Morgan fingerprint density at radius 1 is 1.19 bits per heavy atom. The van der Waals surface area contributed by atoms with Crippen molar-refractivity contribution in [2.24, 2.45) is 5.92 Å². The Hall–Kier alpha value is -2.54. The van der Waals surface area contributed by atoms with Gasteiger partial charge in [-0.1, -0.05) is 55.9 Å². The summed E-state index contributed by atoms with van der Waals surface area (Å²) in [5, 5.41) is 12.3. The molecule has 0 fully saturated rings. The molecule has 6 nitrogen and oxygen atoms in total. The lowest BCUT2D eigenvalue weighted by molar-refractivity contribution is -0.119. The SMILES string of the molecule is CCn1c(SCC(=O)NC(c2ccccc2)C(C)C)nnc1-c1ccco1. The van der Waals surface area contributed by atoms with E-state index in [2.05, 4.69) is 29.4 Å². The van der Waals surface area contributed by atoms with Gasteiger partial charge in [-0.15, -0.1) is 10.2 Å². The van der Waals surface area contributed by atoms with Gasteiger partial charge in [0.15, 0.2) is 16.7 Å². The number of amides is 1. The van der Waals surface area contributed by atoms with Crippen LogP contribution in [0.5, 0.6) is 0 Å². The summed E-state index contributed by atoms with van der Waals surface area (Å²) in [4.78, 5) is 12.5. The molecule has 2 aromatic heterocycles. The minimum atomic E-state index is -0.0206. The van der Waals surface area contributed by atoms with Crippen molar-refractivity contribution in [3.63, 3.8) is 0 Å². The summed E-state index contributed by atoms with van der Waals surface area (Å²) >= 11 is 1.38. The van der Waals surface area contributed by atoms with E-state index < -0.39 is 0 Å². The lowest BCUT2D eigenvalue weighted by Crippen LogP contribution is -2.33. The normalized spacial score (nSPS) is 12.3. The molecule has 3 aromatic rings. The van der Waals surface area contributed by atoms with E-state index in [0.29, 0.717) is 29.2 Å². The molecule has 3 rings (SSSR count). The number of nitrogens with one attached hydrogen (secondary N) is 1. The molecular formula is C20H24N4O2S. The second-order valence-electron chi connectivity index (χ2n) is 6.52. The molecule has 2 heterocycles. The molecule has 1 N–H and O–H groups in total. The Labute approximate surface area is 163 Å². The van der Waals surface area contributed by atoms with Gasteiger partial charge >= 0.3 is 0 Å². The van der Waals surface area contributed by atoms with E-state index in [9.17, 15) is 4.79 Å². The van der Waals surface area contributed by atoms with Crippen LogP contribution in [0.15, 0.2) is 58.3 Å². The highest BCUT2D eigenvalue weighted by Gasteiger charge is 2.20. The summed E-state index contributed by atoms with van der Waals surface area (Å²) in [5.41, 5.74) is 1.11. The average molecular weight is 385 g/mol. The van der Waals surface area contributed by atoms with E-state index in [1.165, 1.54) is 11.8 Å². The Balaban J connectivity index is 1.65. The molecule has 0 spiro atoms. The van der Waals surface area contributed by atoms with E-state index in [4.69, 9.17) is 4.42 Å². The number of nitrogens with zero attached hydrogens (tertiary/aromatic N) is 3. The number of rotatable bonds is 8. The average Bonchev–Trinajstić information content (AvgIpc) is 3.33. The van der Waals surface area contributed by atoms with E-state index in [0.717, 1.165) is 5.56 Å². The van der Waals surface area contributed by atoms with Crippen LogP contribution in [0, 0.1) is 5.92 Å². The fourth-order valence-corrected chi connectivity index (χ4v) is 3.72.